The van der Waals surface area contributed by atoms with Gasteiger partial charge in [0.1, 0.15) is 18.0 Å². The Morgan fingerprint density at radius 3 is 2.59 bits per heavy atom. The number of aromatic nitrogens is 1. The number of oxazole rings is 1. The van der Waals surface area contributed by atoms with E-state index in [1.807, 2.05) is 26.8 Å². The fourth-order valence-electron chi connectivity index (χ4n) is 3.94. The summed E-state index contributed by atoms with van der Waals surface area (Å²) in [6, 6.07) is 8.45. The molecule has 0 radical (unpaired) electrons. The SMILES string of the molecule is COc1c(-c2nc3ccc(N(CO)OC)cc3o2)cc(N2CCC(=O)NC2=O)cc1C(C)(C)C. The smallest absolute Gasteiger partial charge is 0.328 e. The second kappa shape index (κ2) is 8.96. The van der Waals surface area contributed by atoms with Crippen LogP contribution in [-0.4, -0.2) is 49.5 Å². The first-order valence-electron chi connectivity index (χ1n) is 10.8. The molecule has 0 spiro atoms. The molecular weight excluding hydrogens is 440 g/mol. The van der Waals surface area contributed by atoms with E-state index in [2.05, 4.69) is 10.3 Å². The number of imide groups is 1. The van der Waals surface area contributed by atoms with Gasteiger partial charge in [-0.3, -0.25) is 19.8 Å². The molecule has 2 aromatic carbocycles. The van der Waals surface area contributed by atoms with Crippen LogP contribution < -0.4 is 20.0 Å². The largest absolute Gasteiger partial charge is 0.496 e. The van der Waals surface area contributed by atoms with Crippen LogP contribution in [-0.2, 0) is 15.0 Å². The summed E-state index contributed by atoms with van der Waals surface area (Å²) in [7, 11) is 3.04. The minimum Gasteiger partial charge on any atom is -0.496 e. The van der Waals surface area contributed by atoms with Crippen molar-refractivity contribution < 1.29 is 28.7 Å². The molecule has 10 heteroatoms. The highest BCUT2D eigenvalue weighted by atomic mass is 16.7. The molecule has 3 aromatic rings. The number of aliphatic hydroxyl groups is 1. The molecule has 4 rings (SSSR count). The number of ether oxygens (including phenoxy) is 1. The van der Waals surface area contributed by atoms with Gasteiger partial charge >= 0.3 is 6.03 Å². The molecule has 1 aromatic heterocycles. The summed E-state index contributed by atoms with van der Waals surface area (Å²) in [4.78, 5) is 35.5. The number of methoxy groups -OCH3 is 1. The third-order valence-corrected chi connectivity index (χ3v) is 5.69. The van der Waals surface area contributed by atoms with E-state index in [0.717, 1.165) is 5.56 Å². The van der Waals surface area contributed by atoms with Crippen LogP contribution in [0.4, 0.5) is 16.2 Å². The van der Waals surface area contributed by atoms with Crippen molar-refractivity contribution in [2.45, 2.75) is 32.6 Å². The average molecular weight is 469 g/mol. The Kier molecular flexibility index (Phi) is 6.20. The summed E-state index contributed by atoms with van der Waals surface area (Å²) in [6.07, 6.45) is 0.213. The van der Waals surface area contributed by atoms with Crippen LogP contribution >= 0.6 is 0 Å². The van der Waals surface area contributed by atoms with Crippen LogP contribution in [0.15, 0.2) is 34.7 Å². The molecule has 0 unspecified atom stereocenters. The van der Waals surface area contributed by atoms with E-state index in [1.54, 1.807) is 31.4 Å². The Labute approximate surface area is 197 Å². The number of hydrogen-bond acceptors (Lipinski definition) is 8. The zero-order valence-electron chi connectivity index (χ0n) is 19.8. The van der Waals surface area contributed by atoms with Crippen molar-refractivity contribution in [3.8, 4) is 17.2 Å². The zero-order valence-corrected chi connectivity index (χ0v) is 19.8. The molecule has 3 amide bonds. The summed E-state index contributed by atoms with van der Waals surface area (Å²) in [6.45, 7) is 6.08. The number of hydrogen-bond donors (Lipinski definition) is 2. The average Bonchev–Trinajstić information content (AvgIpc) is 3.22. The maximum absolute atomic E-state index is 12.6. The number of benzene rings is 2. The minimum absolute atomic E-state index is 0.213. The molecule has 2 N–H and O–H groups in total. The number of aliphatic hydroxyl groups excluding tert-OH is 1. The molecule has 0 saturated carbocycles. The number of amides is 3. The minimum atomic E-state index is -0.474. The predicted octanol–water partition coefficient (Wildman–Crippen LogP) is 3.56. The maximum Gasteiger partial charge on any atom is 0.328 e. The van der Waals surface area contributed by atoms with E-state index in [4.69, 9.17) is 14.0 Å². The number of carbonyl (C=O) groups excluding carboxylic acids is 2. The normalized spacial score (nSPS) is 14.5. The summed E-state index contributed by atoms with van der Waals surface area (Å²) in [5.41, 5.74) is 3.44. The van der Waals surface area contributed by atoms with Crippen LogP contribution in [0.3, 0.4) is 0 Å². The number of rotatable bonds is 6. The fraction of sp³-hybridized carbons (Fsp3) is 0.375. The lowest BCUT2D eigenvalue weighted by Crippen LogP contribution is -2.49. The van der Waals surface area contributed by atoms with Gasteiger partial charge in [-0.2, -0.15) is 0 Å². The van der Waals surface area contributed by atoms with Crippen molar-refractivity contribution in [3.63, 3.8) is 0 Å². The molecule has 180 valence electrons. The number of nitrogens with one attached hydrogen (secondary N) is 1. The number of nitrogens with zero attached hydrogens (tertiary/aromatic N) is 3. The van der Waals surface area contributed by atoms with Gasteiger partial charge in [-0.05, 0) is 29.7 Å². The first-order chi connectivity index (χ1) is 16.2. The third kappa shape index (κ3) is 4.29. The van der Waals surface area contributed by atoms with Gasteiger partial charge in [0.25, 0.3) is 0 Å². The maximum atomic E-state index is 12.6. The first kappa shape index (κ1) is 23.5. The monoisotopic (exact) mass is 468 g/mol. The topological polar surface area (TPSA) is 117 Å². The van der Waals surface area contributed by atoms with Crippen molar-refractivity contribution in [3.05, 3.63) is 35.9 Å². The summed E-state index contributed by atoms with van der Waals surface area (Å²) in [5, 5.41) is 13.1. The quantitative estimate of drug-likeness (QED) is 0.417. The van der Waals surface area contributed by atoms with Crippen molar-refractivity contribution in [2.24, 2.45) is 0 Å². The van der Waals surface area contributed by atoms with Gasteiger partial charge in [-0.25, -0.2) is 14.8 Å². The lowest BCUT2D eigenvalue weighted by molar-refractivity contribution is -0.120. The van der Waals surface area contributed by atoms with Gasteiger partial charge in [-0.1, -0.05) is 20.8 Å². The van der Waals surface area contributed by atoms with Crippen LogP contribution in [0.2, 0.25) is 0 Å². The number of carbonyl (C=O) groups is 2. The molecule has 0 aliphatic carbocycles. The van der Waals surface area contributed by atoms with Crippen LogP contribution in [0, 0.1) is 0 Å². The van der Waals surface area contributed by atoms with Crippen LogP contribution in [0.25, 0.3) is 22.6 Å². The first-order valence-corrected chi connectivity index (χ1v) is 10.8. The lowest BCUT2D eigenvalue weighted by atomic mass is 9.84. The Balaban J connectivity index is 1.88. The van der Waals surface area contributed by atoms with E-state index in [9.17, 15) is 14.7 Å². The Hall–Kier alpha value is -3.63. The van der Waals surface area contributed by atoms with E-state index < -0.39 is 6.03 Å². The van der Waals surface area contributed by atoms with Gasteiger partial charge < -0.3 is 14.3 Å². The molecular formula is C24H28N4O6. The summed E-state index contributed by atoms with van der Waals surface area (Å²) >= 11 is 0. The lowest BCUT2D eigenvalue weighted by Gasteiger charge is -2.30. The van der Waals surface area contributed by atoms with E-state index >= 15 is 0 Å². The zero-order chi connectivity index (χ0) is 24.6. The van der Waals surface area contributed by atoms with Gasteiger partial charge in [0.15, 0.2) is 5.58 Å². The van der Waals surface area contributed by atoms with E-state index in [1.165, 1.54) is 17.1 Å². The standard InChI is InChI=1S/C24H28N4O6/c1-24(2,3)17-11-15(27-9-8-20(30)26-23(27)31)10-16(21(17)32-4)22-25-18-7-6-14(12-19(18)34-22)28(13-29)33-5/h6-7,10-12,29H,8-9,13H2,1-5H3,(H,26,30,31). The molecule has 1 fully saturated rings. The summed E-state index contributed by atoms with van der Waals surface area (Å²) < 4.78 is 11.9. The van der Waals surface area contributed by atoms with Crippen molar-refractivity contribution in [1.82, 2.24) is 10.3 Å². The van der Waals surface area contributed by atoms with Crippen LogP contribution in [0.1, 0.15) is 32.8 Å². The van der Waals surface area contributed by atoms with Crippen molar-refractivity contribution >= 4 is 34.4 Å². The van der Waals surface area contributed by atoms with Crippen molar-refractivity contribution in [1.29, 1.82) is 0 Å². The Morgan fingerprint density at radius 1 is 1.21 bits per heavy atom. The van der Waals surface area contributed by atoms with E-state index in [0.29, 0.717) is 39.7 Å². The highest BCUT2D eigenvalue weighted by Crippen LogP contribution is 2.43. The molecule has 1 aliphatic heterocycles. The Morgan fingerprint density at radius 2 is 1.97 bits per heavy atom. The molecule has 1 aliphatic rings. The third-order valence-electron chi connectivity index (χ3n) is 5.69. The highest BCUT2D eigenvalue weighted by Gasteiger charge is 2.30. The fourth-order valence-corrected chi connectivity index (χ4v) is 3.94. The number of anilines is 2. The highest BCUT2D eigenvalue weighted by molar-refractivity contribution is 6.06. The number of urea groups is 1. The van der Waals surface area contributed by atoms with E-state index in [-0.39, 0.29) is 31.0 Å². The second-order valence-electron chi connectivity index (χ2n) is 8.95. The second-order valence-corrected chi connectivity index (χ2v) is 8.95. The van der Waals surface area contributed by atoms with Gasteiger partial charge in [0, 0.05) is 30.3 Å². The molecule has 0 atom stereocenters. The summed E-state index contributed by atoms with van der Waals surface area (Å²) in [5.74, 6) is 0.608. The number of hydroxylamine groups is 1. The molecule has 0 bridgehead atoms. The molecule has 1 saturated heterocycles. The predicted molar refractivity (Wildman–Crippen MR) is 127 cm³/mol. The molecule has 2 heterocycles. The van der Waals surface area contributed by atoms with Gasteiger partial charge in [0.05, 0.1) is 25.5 Å². The van der Waals surface area contributed by atoms with Crippen molar-refractivity contribution in [2.75, 3.05) is 37.5 Å². The molecule has 34 heavy (non-hydrogen) atoms. The van der Waals surface area contributed by atoms with Gasteiger partial charge in [-0.15, -0.1) is 0 Å². The Bertz CT molecular complexity index is 1240. The van der Waals surface area contributed by atoms with Crippen LogP contribution in [0.5, 0.6) is 5.75 Å². The number of fused-ring (bicyclic) bond motifs is 1. The van der Waals surface area contributed by atoms with Gasteiger partial charge in [0.2, 0.25) is 11.8 Å². The molecule has 10 nitrogen and oxygen atoms in total.